The SMILES string of the molecule is Cc1c[nH]c(=O)c2ccc(OC3CCN(C[C@H]4CCCN4)CC3)c(F)c12. The lowest BCUT2D eigenvalue weighted by Gasteiger charge is -2.33. The third kappa shape index (κ3) is 3.48. The largest absolute Gasteiger partial charge is 0.487 e. The van der Waals surface area contributed by atoms with Crippen LogP contribution in [0.5, 0.6) is 5.75 Å². The van der Waals surface area contributed by atoms with Crippen molar-refractivity contribution in [3.05, 3.63) is 40.1 Å². The van der Waals surface area contributed by atoms with Gasteiger partial charge in [0.1, 0.15) is 6.10 Å². The van der Waals surface area contributed by atoms with E-state index in [4.69, 9.17) is 4.74 Å². The molecule has 0 saturated carbocycles. The van der Waals surface area contributed by atoms with E-state index in [1.807, 2.05) is 0 Å². The van der Waals surface area contributed by atoms with Crippen molar-refractivity contribution in [2.75, 3.05) is 26.2 Å². The lowest BCUT2D eigenvalue weighted by atomic mass is 10.1. The van der Waals surface area contributed by atoms with Gasteiger partial charge in [0.2, 0.25) is 0 Å². The first kappa shape index (κ1) is 17.5. The van der Waals surface area contributed by atoms with Crippen LogP contribution in [0.2, 0.25) is 0 Å². The van der Waals surface area contributed by atoms with Crippen LogP contribution in [0.4, 0.5) is 4.39 Å². The van der Waals surface area contributed by atoms with Crippen molar-refractivity contribution in [2.45, 2.75) is 44.8 Å². The number of H-pyrrole nitrogens is 1. The molecule has 140 valence electrons. The Labute approximate surface area is 152 Å². The number of aryl methyl sites for hydroxylation is 1. The molecule has 1 aromatic carbocycles. The lowest BCUT2D eigenvalue weighted by Crippen LogP contribution is -2.44. The molecule has 2 N–H and O–H groups in total. The standard InChI is InChI=1S/C20H26FN3O2/c1-13-11-23-20(25)16-4-5-17(19(21)18(13)16)26-15-6-9-24(10-7-15)12-14-3-2-8-22-14/h4-5,11,14-15,22H,2-3,6-10,12H2,1H3,(H,23,25)/t14-/m1/s1. The lowest BCUT2D eigenvalue weighted by molar-refractivity contribution is 0.0930. The Morgan fingerprint density at radius 1 is 1.27 bits per heavy atom. The van der Waals surface area contributed by atoms with Gasteiger partial charge in [0, 0.05) is 37.3 Å². The molecule has 0 spiro atoms. The molecule has 0 unspecified atom stereocenters. The van der Waals surface area contributed by atoms with Crippen LogP contribution in [0.25, 0.3) is 10.8 Å². The summed E-state index contributed by atoms with van der Waals surface area (Å²) >= 11 is 0. The van der Waals surface area contributed by atoms with Gasteiger partial charge >= 0.3 is 0 Å². The smallest absolute Gasteiger partial charge is 0.255 e. The number of halogens is 1. The van der Waals surface area contributed by atoms with Gasteiger partial charge in [0.15, 0.2) is 11.6 Å². The monoisotopic (exact) mass is 359 g/mol. The number of hydrogen-bond donors (Lipinski definition) is 2. The summed E-state index contributed by atoms with van der Waals surface area (Å²) in [6.07, 6.45) is 5.91. The van der Waals surface area contributed by atoms with E-state index in [9.17, 15) is 9.18 Å². The highest BCUT2D eigenvalue weighted by atomic mass is 19.1. The molecular weight excluding hydrogens is 333 g/mol. The first-order chi connectivity index (χ1) is 12.6. The van der Waals surface area contributed by atoms with Crippen molar-refractivity contribution < 1.29 is 9.13 Å². The van der Waals surface area contributed by atoms with Crippen LogP contribution in [0, 0.1) is 12.7 Å². The van der Waals surface area contributed by atoms with E-state index in [0.29, 0.717) is 22.4 Å². The Kier molecular flexibility index (Phi) is 4.96. The molecule has 0 radical (unpaired) electrons. The number of rotatable bonds is 4. The summed E-state index contributed by atoms with van der Waals surface area (Å²) in [5.74, 6) is -0.175. The van der Waals surface area contributed by atoms with Crippen LogP contribution in [-0.2, 0) is 0 Å². The van der Waals surface area contributed by atoms with Gasteiger partial charge in [-0.05, 0) is 56.8 Å². The summed E-state index contributed by atoms with van der Waals surface area (Å²) in [4.78, 5) is 17.0. The molecule has 3 heterocycles. The summed E-state index contributed by atoms with van der Waals surface area (Å²) in [5.41, 5.74) is 0.436. The third-order valence-electron chi connectivity index (χ3n) is 5.63. The Morgan fingerprint density at radius 3 is 2.81 bits per heavy atom. The van der Waals surface area contributed by atoms with Crippen molar-refractivity contribution in [1.29, 1.82) is 0 Å². The van der Waals surface area contributed by atoms with E-state index in [0.717, 1.165) is 39.0 Å². The summed E-state index contributed by atoms with van der Waals surface area (Å²) in [6.45, 7) is 5.99. The number of nitrogens with one attached hydrogen (secondary N) is 2. The molecule has 4 rings (SSSR count). The van der Waals surface area contributed by atoms with Crippen LogP contribution >= 0.6 is 0 Å². The van der Waals surface area contributed by atoms with Gasteiger partial charge in [-0.1, -0.05) is 0 Å². The summed E-state index contributed by atoms with van der Waals surface area (Å²) < 4.78 is 20.9. The predicted octanol–water partition coefficient (Wildman–Crippen LogP) is 2.57. The van der Waals surface area contributed by atoms with Gasteiger partial charge < -0.3 is 19.9 Å². The number of aromatic amines is 1. The van der Waals surface area contributed by atoms with Crippen molar-refractivity contribution in [3.63, 3.8) is 0 Å². The molecule has 0 amide bonds. The Balaban J connectivity index is 1.43. The maximum absolute atomic E-state index is 14.9. The highest BCUT2D eigenvalue weighted by Crippen LogP contribution is 2.29. The van der Waals surface area contributed by atoms with Crippen LogP contribution in [0.1, 0.15) is 31.2 Å². The Morgan fingerprint density at radius 2 is 2.08 bits per heavy atom. The number of nitrogens with zero attached hydrogens (tertiary/aromatic N) is 1. The van der Waals surface area contributed by atoms with Gasteiger partial charge in [-0.15, -0.1) is 0 Å². The fraction of sp³-hybridized carbons (Fsp3) is 0.550. The summed E-state index contributed by atoms with van der Waals surface area (Å²) in [7, 11) is 0. The maximum atomic E-state index is 14.9. The average Bonchev–Trinajstić information content (AvgIpc) is 3.15. The van der Waals surface area contributed by atoms with Crippen molar-refractivity contribution >= 4 is 10.8 Å². The second-order valence-electron chi connectivity index (χ2n) is 7.51. The molecular formula is C20H26FN3O2. The van der Waals surface area contributed by atoms with Crippen molar-refractivity contribution in [2.24, 2.45) is 0 Å². The minimum Gasteiger partial charge on any atom is -0.487 e. The minimum atomic E-state index is -0.427. The minimum absolute atomic E-state index is 0.0250. The topological polar surface area (TPSA) is 57.4 Å². The molecule has 2 fully saturated rings. The molecule has 5 nitrogen and oxygen atoms in total. The molecule has 0 bridgehead atoms. The van der Waals surface area contributed by atoms with E-state index in [2.05, 4.69) is 15.2 Å². The van der Waals surface area contributed by atoms with Gasteiger partial charge in [-0.2, -0.15) is 0 Å². The van der Waals surface area contributed by atoms with Crippen LogP contribution in [-0.4, -0.2) is 48.2 Å². The number of likely N-dealkylation sites (tertiary alicyclic amines) is 1. The Bertz CT molecular complexity index is 837. The van der Waals surface area contributed by atoms with Crippen LogP contribution in [0.3, 0.4) is 0 Å². The molecule has 0 aliphatic carbocycles. The highest BCUT2D eigenvalue weighted by Gasteiger charge is 2.25. The van der Waals surface area contributed by atoms with E-state index in [1.165, 1.54) is 12.8 Å². The van der Waals surface area contributed by atoms with Crippen LogP contribution in [0.15, 0.2) is 23.1 Å². The fourth-order valence-electron chi connectivity index (χ4n) is 4.16. The zero-order chi connectivity index (χ0) is 18.1. The van der Waals surface area contributed by atoms with Gasteiger partial charge in [0.25, 0.3) is 5.56 Å². The van der Waals surface area contributed by atoms with Gasteiger partial charge in [-0.3, -0.25) is 4.79 Å². The van der Waals surface area contributed by atoms with Gasteiger partial charge in [0.05, 0.1) is 5.39 Å². The van der Waals surface area contributed by atoms with E-state index in [1.54, 1.807) is 25.3 Å². The number of benzene rings is 1. The molecule has 1 aromatic heterocycles. The number of fused-ring (bicyclic) bond motifs is 1. The molecule has 1 atom stereocenters. The highest BCUT2D eigenvalue weighted by molar-refractivity contribution is 5.86. The quantitative estimate of drug-likeness (QED) is 0.881. The van der Waals surface area contributed by atoms with E-state index < -0.39 is 5.82 Å². The number of aromatic nitrogens is 1. The molecule has 2 aliphatic heterocycles. The fourth-order valence-corrected chi connectivity index (χ4v) is 4.16. The van der Waals surface area contributed by atoms with E-state index >= 15 is 0 Å². The Hall–Kier alpha value is -1.92. The molecule has 2 aliphatic rings. The zero-order valence-electron chi connectivity index (χ0n) is 15.2. The first-order valence-electron chi connectivity index (χ1n) is 9.54. The summed E-state index contributed by atoms with van der Waals surface area (Å²) in [5, 5.41) is 4.27. The molecule has 2 saturated heterocycles. The second kappa shape index (κ2) is 7.37. The predicted molar refractivity (Wildman–Crippen MR) is 100 cm³/mol. The number of pyridine rings is 1. The normalized spacial score (nSPS) is 22.2. The van der Waals surface area contributed by atoms with Gasteiger partial charge in [-0.25, -0.2) is 4.39 Å². The molecule has 2 aromatic rings. The number of piperidine rings is 1. The maximum Gasteiger partial charge on any atom is 0.255 e. The summed E-state index contributed by atoms with van der Waals surface area (Å²) in [6, 6.07) is 3.85. The molecule has 26 heavy (non-hydrogen) atoms. The first-order valence-corrected chi connectivity index (χ1v) is 9.54. The average molecular weight is 359 g/mol. The second-order valence-corrected chi connectivity index (χ2v) is 7.51. The molecule has 6 heteroatoms. The van der Waals surface area contributed by atoms with E-state index in [-0.39, 0.29) is 17.4 Å². The third-order valence-corrected chi connectivity index (χ3v) is 5.63. The zero-order valence-corrected chi connectivity index (χ0v) is 15.2. The van der Waals surface area contributed by atoms with Crippen LogP contribution < -0.4 is 15.6 Å². The van der Waals surface area contributed by atoms with Crippen molar-refractivity contribution in [1.82, 2.24) is 15.2 Å². The number of ether oxygens (including phenoxy) is 1. The number of hydrogen-bond acceptors (Lipinski definition) is 4. The van der Waals surface area contributed by atoms with Crippen molar-refractivity contribution in [3.8, 4) is 5.75 Å².